The molecule has 152 valence electrons. The van der Waals surface area contributed by atoms with Crippen LogP contribution in [0.25, 0.3) is 16.6 Å². The third kappa shape index (κ3) is 3.99. The molecule has 0 aliphatic rings. The third-order valence-electron chi connectivity index (χ3n) is 4.76. The number of carbonyl (C=O) groups excluding carboxylic acids is 1. The number of fused-ring (bicyclic) bond motifs is 1. The van der Waals surface area contributed by atoms with Gasteiger partial charge in [0.1, 0.15) is 10.8 Å². The molecule has 2 aromatic carbocycles. The topological polar surface area (TPSA) is 89.8 Å². The van der Waals surface area contributed by atoms with Crippen molar-refractivity contribution in [1.29, 1.82) is 0 Å². The minimum absolute atomic E-state index is 0.135. The largest absolute Gasteiger partial charge is 0.296 e. The van der Waals surface area contributed by atoms with Gasteiger partial charge in [-0.1, -0.05) is 36.8 Å². The monoisotopic (exact) mass is 419 g/mol. The molecule has 4 rings (SSSR count). The summed E-state index contributed by atoms with van der Waals surface area (Å²) in [6, 6.07) is 14.1. The molecule has 0 bridgehead atoms. The van der Waals surface area contributed by atoms with Gasteiger partial charge < -0.3 is 0 Å². The van der Waals surface area contributed by atoms with E-state index in [-0.39, 0.29) is 11.5 Å². The quantitative estimate of drug-likeness (QED) is 0.507. The van der Waals surface area contributed by atoms with E-state index in [0.717, 1.165) is 24.3 Å². The summed E-state index contributed by atoms with van der Waals surface area (Å²) in [4.78, 5) is 30.0. The standard InChI is InChI=1S/C22H21N5O2S/c1-3-4-9-19-25-26-22(30-19)24-20(28)15-10-12-16(13-11-15)27-14(2)23-18-8-6-5-7-17(18)21(27)29/h5-8,10-13H,3-4,9H2,1-2H3,(H,24,26,28). The van der Waals surface area contributed by atoms with Gasteiger partial charge >= 0.3 is 0 Å². The zero-order chi connectivity index (χ0) is 21.1. The van der Waals surface area contributed by atoms with Crippen LogP contribution < -0.4 is 10.9 Å². The number of unbranched alkanes of at least 4 members (excludes halogenated alkanes) is 1. The summed E-state index contributed by atoms with van der Waals surface area (Å²) in [6.07, 6.45) is 3.00. The Kier molecular flexibility index (Phi) is 5.67. The number of amides is 1. The van der Waals surface area contributed by atoms with Crippen LogP contribution in [0.4, 0.5) is 5.13 Å². The predicted octanol–water partition coefficient (Wildman–Crippen LogP) is 4.14. The maximum absolute atomic E-state index is 12.9. The Morgan fingerprint density at radius 2 is 1.87 bits per heavy atom. The van der Waals surface area contributed by atoms with Crippen LogP contribution in [0.1, 0.15) is 41.0 Å². The lowest BCUT2D eigenvalue weighted by Gasteiger charge is -2.11. The first kappa shape index (κ1) is 19.9. The van der Waals surface area contributed by atoms with Crippen LogP contribution in [-0.2, 0) is 6.42 Å². The Morgan fingerprint density at radius 1 is 1.10 bits per heavy atom. The van der Waals surface area contributed by atoms with Gasteiger partial charge in [0.15, 0.2) is 0 Å². The van der Waals surface area contributed by atoms with Crippen LogP contribution in [-0.4, -0.2) is 25.7 Å². The lowest BCUT2D eigenvalue weighted by Crippen LogP contribution is -2.22. The van der Waals surface area contributed by atoms with Gasteiger partial charge in [0.05, 0.1) is 16.6 Å². The smallest absolute Gasteiger partial charge is 0.265 e. The maximum atomic E-state index is 12.9. The Balaban J connectivity index is 1.56. The molecular formula is C22H21N5O2S. The number of carbonyl (C=O) groups is 1. The number of anilines is 1. The highest BCUT2D eigenvalue weighted by Gasteiger charge is 2.13. The fourth-order valence-electron chi connectivity index (χ4n) is 3.21. The lowest BCUT2D eigenvalue weighted by atomic mass is 10.2. The number of benzene rings is 2. The number of rotatable bonds is 6. The number of nitrogens with zero attached hydrogens (tertiary/aromatic N) is 4. The molecule has 0 aliphatic carbocycles. The van der Waals surface area contributed by atoms with Crippen LogP contribution in [0.3, 0.4) is 0 Å². The summed E-state index contributed by atoms with van der Waals surface area (Å²) in [5.41, 5.74) is 1.67. The first-order valence-corrected chi connectivity index (χ1v) is 10.6. The van der Waals surface area contributed by atoms with Crippen molar-refractivity contribution >= 4 is 33.3 Å². The fourth-order valence-corrected chi connectivity index (χ4v) is 3.99. The van der Waals surface area contributed by atoms with Crippen molar-refractivity contribution < 1.29 is 4.79 Å². The maximum Gasteiger partial charge on any atom is 0.265 e. The van der Waals surface area contributed by atoms with Crippen LogP contribution in [0.15, 0.2) is 53.3 Å². The molecule has 30 heavy (non-hydrogen) atoms. The summed E-state index contributed by atoms with van der Waals surface area (Å²) in [7, 11) is 0. The average molecular weight is 420 g/mol. The van der Waals surface area contributed by atoms with E-state index in [2.05, 4.69) is 27.4 Å². The van der Waals surface area contributed by atoms with E-state index < -0.39 is 0 Å². The summed E-state index contributed by atoms with van der Waals surface area (Å²) in [5, 5.41) is 12.9. The van der Waals surface area contributed by atoms with Crippen molar-refractivity contribution in [3.8, 4) is 5.69 Å². The normalized spacial score (nSPS) is 11.0. The average Bonchev–Trinajstić information content (AvgIpc) is 3.20. The number of aryl methyl sites for hydroxylation is 2. The first-order valence-electron chi connectivity index (χ1n) is 9.79. The van der Waals surface area contributed by atoms with Crippen LogP contribution in [0.5, 0.6) is 0 Å². The summed E-state index contributed by atoms with van der Waals surface area (Å²) in [5.74, 6) is 0.324. The molecule has 0 atom stereocenters. The SMILES string of the molecule is CCCCc1nnc(NC(=O)c2ccc(-n3c(C)nc4ccccc4c3=O)cc2)s1. The fraction of sp³-hybridized carbons (Fsp3) is 0.227. The highest BCUT2D eigenvalue weighted by molar-refractivity contribution is 7.15. The number of nitrogens with one attached hydrogen (secondary N) is 1. The van der Waals surface area contributed by atoms with Gasteiger partial charge in [-0.25, -0.2) is 4.98 Å². The Hall–Kier alpha value is -3.39. The van der Waals surface area contributed by atoms with E-state index >= 15 is 0 Å². The molecule has 2 aromatic heterocycles. The van der Waals surface area contributed by atoms with Crippen molar-refractivity contribution in [3.63, 3.8) is 0 Å². The third-order valence-corrected chi connectivity index (χ3v) is 5.66. The second-order valence-corrected chi connectivity index (χ2v) is 7.98. The van der Waals surface area contributed by atoms with Gasteiger partial charge in [-0.15, -0.1) is 10.2 Å². The summed E-state index contributed by atoms with van der Waals surface area (Å²) in [6.45, 7) is 3.91. The second-order valence-electron chi connectivity index (χ2n) is 6.92. The molecule has 0 radical (unpaired) electrons. The summed E-state index contributed by atoms with van der Waals surface area (Å²) >= 11 is 1.39. The van der Waals surface area contributed by atoms with Gasteiger partial charge in [0.2, 0.25) is 5.13 Å². The van der Waals surface area contributed by atoms with Crippen molar-refractivity contribution in [2.24, 2.45) is 0 Å². The molecule has 0 spiro atoms. The van der Waals surface area contributed by atoms with Crippen LogP contribution in [0.2, 0.25) is 0 Å². The minimum Gasteiger partial charge on any atom is -0.296 e. The molecule has 0 saturated carbocycles. The van der Waals surface area contributed by atoms with E-state index in [9.17, 15) is 9.59 Å². The van der Waals surface area contributed by atoms with Crippen molar-refractivity contribution in [2.75, 3.05) is 5.32 Å². The molecule has 0 fully saturated rings. The summed E-state index contributed by atoms with van der Waals surface area (Å²) < 4.78 is 1.55. The molecule has 0 unspecified atom stereocenters. The highest BCUT2D eigenvalue weighted by atomic mass is 32.1. The zero-order valence-corrected chi connectivity index (χ0v) is 17.6. The van der Waals surface area contributed by atoms with Gasteiger partial charge in [-0.05, 0) is 49.7 Å². The van der Waals surface area contributed by atoms with Crippen LogP contribution in [0, 0.1) is 6.92 Å². The van der Waals surface area contributed by atoms with E-state index in [0.29, 0.717) is 33.1 Å². The lowest BCUT2D eigenvalue weighted by molar-refractivity contribution is 0.102. The number of aromatic nitrogens is 4. The van der Waals surface area contributed by atoms with Crippen molar-refractivity contribution in [3.05, 3.63) is 75.3 Å². The van der Waals surface area contributed by atoms with E-state index in [1.165, 1.54) is 11.3 Å². The second kappa shape index (κ2) is 8.54. The molecule has 8 heteroatoms. The first-order chi connectivity index (χ1) is 14.6. The van der Waals surface area contributed by atoms with E-state index in [1.54, 1.807) is 41.8 Å². The minimum atomic E-state index is -0.263. The Morgan fingerprint density at radius 3 is 2.63 bits per heavy atom. The highest BCUT2D eigenvalue weighted by Crippen LogP contribution is 2.19. The number of hydrogen-bond acceptors (Lipinski definition) is 6. The zero-order valence-electron chi connectivity index (χ0n) is 16.8. The molecule has 7 nitrogen and oxygen atoms in total. The molecule has 1 N–H and O–H groups in total. The van der Waals surface area contributed by atoms with Gasteiger partial charge in [0.25, 0.3) is 11.5 Å². The van der Waals surface area contributed by atoms with Crippen LogP contribution >= 0.6 is 11.3 Å². The van der Waals surface area contributed by atoms with Gasteiger partial charge in [-0.2, -0.15) is 0 Å². The molecule has 1 amide bonds. The Labute approximate surface area is 177 Å². The molecule has 0 saturated heterocycles. The van der Waals surface area contributed by atoms with Gasteiger partial charge in [-0.3, -0.25) is 19.5 Å². The molecule has 0 aliphatic heterocycles. The predicted molar refractivity (Wildman–Crippen MR) is 119 cm³/mol. The Bertz CT molecular complexity index is 1260. The number of hydrogen-bond donors (Lipinski definition) is 1. The van der Waals surface area contributed by atoms with Gasteiger partial charge in [0, 0.05) is 12.0 Å². The van der Waals surface area contributed by atoms with Crippen molar-refractivity contribution in [2.45, 2.75) is 33.1 Å². The molecule has 2 heterocycles. The molecular weight excluding hydrogens is 398 g/mol. The van der Waals surface area contributed by atoms with E-state index in [1.807, 2.05) is 18.2 Å². The van der Waals surface area contributed by atoms with E-state index in [4.69, 9.17) is 0 Å². The number of para-hydroxylation sites is 1. The van der Waals surface area contributed by atoms with Crippen molar-refractivity contribution in [1.82, 2.24) is 19.7 Å². The molecule has 4 aromatic rings.